The Morgan fingerprint density at radius 1 is 1.04 bits per heavy atom. The van der Waals surface area contributed by atoms with Gasteiger partial charge in [0.2, 0.25) is 0 Å². The predicted octanol–water partition coefficient (Wildman–Crippen LogP) is 4.84. The summed E-state index contributed by atoms with van der Waals surface area (Å²) in [5.41, 5.74) is 3.64. The molecule has 0 radical (unpaired) electrons. The number of aromatic nitrogens is 1. The molecule has 1 N–H and O–H groups in total. The monoisotopic (exact) mass is 410 g/mol. The van der Waals surface area contributed by atoms with E-state index in [1.54, 1.807) is 0 Å². The van der Waals surface area contributed by atoms with Crippen LogP contribution in [-0.2, 0) is 16.8 Å². The van der Waals surface area contributed by atoms with Gasteiger partial charge in [0, 0.05) is 27.0 Å². The first-order chi connectivity index (χ1) is 12.8. The van der Waals surface area contributed by atoms with Gasteiger partial charge in [0.05, 0.1) is 18.7 Å². The van der Waals surface area contributed by atoms with E-state index in [1.807, 2.05) is 12.3 Å². The van der Waals surface area contributed by atoms with E-state index < -0.39 is 0 Å². The fourth-order valence-corrected chi connectivity index (χ4v) is 4.43. The third-order valence-electron chi connectivity index (χ3n) is 5.33. The highest BCUT2D eigenvalue weighted by Crippen LogP contribution is 2.34. The summed E-state index contributed by atoms with van der Waals surface area (Å²) < 4.78 is 7.36. The van der Waals surface area contributed by atoms with Crippen LogP contribution in [0.15, 0.2) is 65.3 Å². The first-order valence-electron chi connectivity index (χ1n) is 9.14. The highest BCUT2D eigenvalue weighted by atomic mass is 79.9. The van der Waals surface area contributed by atoms with Crippen molar-refractivity contribution < 1.29 is 4.74 Å². The second-order valence-electron chi connectivity index (χ2n) is 7.03. The van der Waals surface area contributed by atoms with E-state index in [2.05, 4.69) is 74.8 Å². The molecule has 0 unspecified atom stereocenters. The highest BCUT2D eigenvalue weighted by Gasteiger charge is 2.34. The van der Waals surface area contributed by atoms with Gasteiger partial charge in [-0.05, 0) is 49.7 Å². The molecule has 134 valence electrons. The van der Waals surface area contributed by atoms with Crippen LogP contribution in [0.25, 0.3) is 10.9 Å². The Bertz CT molecular complexity index is 876. The van der Waals surface area contributed by atoms with E-state index in [0.29, 0.717) is 6.61 Å². The van der Waals surface area contributed by atoms with Gasteiger partial charge in [0.25, 0.3) is 0 Å². The number of ether oxygens (including phenoxy) is 1. The van der Waals surface area contributed by atoms with Crippen molar-refractivity contribution in [3.05, 3.63) is 76.4 Å². The van der Waals surface area contributed by atoms with Crippen LogP contribution < -0.4 is 5.32 Å². The van der Waals surface area contributed by atoms with Crippen molar-refractivity contribution in [1.29, 1.82) is 0 Å². The molecule has 2 aromatic carbocycles. The summed E-state index contributed by atoms with van der Waals surface area (Å²) in [5, 5.41) is 4.62. The number of piperidine rings is 1. The van der Waals surface area contributed by atoms with Crippen LogP contribution in [0.4, 0.5) is 0 Å². The molecule has 0 bridgehead atoms. The maximum absolute atomic E-state index is 6.29. The van der Waals surface area contributed by atoms with Gasteiger partial charge in [-0.15, -0.1) is 0 Å². The fraction of sp³-hybridized carbons (Fsp3) is 0.318. The van der Waals surface area contributed by atoms with Gasteiger partial charge in [-0.2, -0.15) is 0 Å². The van der Waals surface area contributed by atoms with E-state index in [0.717, 1.165) is 53.5 Å². The lowest BCUT2D eigenvalue weighted by atomic mass is 9.74. The van der Waals surface area contributed by atoms with E-state index in [9.17, 15) is 0 Å². The first-order valence-corrected chi connectivity index (χ1v) is 9.93. The van der Waals surface area contributed by atoms with E-state index in [4.69, 9.17) is 4.74 Å². The highest BCUT2D eigenvalue weighted by molar-refractivity contribution is 9.10. The Morgan fingerprint density at radius 2 is 1.85 bits per heavy atom. The molecule has 1 aliphatic rings. The predicted molar refractivity (Wildman–Crippen MR) is 109 cm³/mol. The van der Waals surface area contributed by atoms with Gasteiger partial charge in [-0.25, -0.2) is 0 Å². The molecule has 4 heteroatoms. The second kappa shape index (κ2) is 7.87. The molecule has 3 aromatic rings. The summed E-state index contributed by atoms with van der Waals surface area (Å²) >= 11 is 3.61. The molecule has 1 saturated heterocycles. The fourth-order valence-electron chi connectivity index (χ4n) is 3.91. The Kier molecular flexibility index (Phi) is 5.34. The maximum Gasteiger partial charge on any atom is 0.0757 e. The molecular formula is C22H23BrN2O. The van der Waals surface area contributed by atoms with Crippen LogP contribution in [-0.4, -0.2) is 24.7 Å². The summed E-state index contributed by atoms with van der Waals surface area (Å²) in [4.78, 5) is 4.55. The first kappa shape index (κ1) is 17.7. The Morgan fingerprint density at radius 3 is 2.65 bits per heavy atom. The average Bonchev–Trinajstić information content (AvgIpc) is 2.69. The summed E-state index contributed by atoms with van der Waals surface area (Å²) in [6.07, 6.45) is 4.06. The lowest BCUT2D eigenvalue weighted by Crippen LogP contribution is -2.43. The molecule has 4 rings (SSSR count). The number of nitrogens with zero attached hydrogens (tertiary/aromatic N) is 1. The summed E-state index contributed by atoms with van der Waals surface area (Å²) in [7, 11) is 0. The molecule has 0 atom stereocenters. The molecule has 0 aliphatic carbocycles. The number of halogens is 1. The number of fused-ring (bicyclic) bond motifs is 1. The summed E-state index contributed by atoms with van der Waals surface area (Å²) in [6.45, 7) is 3.40. The normalized spacial score (nSPS) is 16.7. The number of pyridine rings is 1. The third-order valence-corrected chi connectivity index (χ3v) is 5.79. The summed E-state index contributed by atoms with van der Waals surface area (Å²) in [6, 6.07) is 19.1. The number of hydrogen-bond acceptors (Lipinski definition) is 3. The van der Waals surface area contributed by atoms with Crippen LogP contribution >= 0.6 is 15.9 Å². The zero-order chi connectivity index (χ0) is 17.8. The largest absolute Gasteiger partial charge is 0.376 e. The van der Waals surface area contributed by atoms with Crippen LogP contribution in [0, 0.1) is 0 Å². The van der Waals surface area contributed by atoms with Crippen molar-refractivity contribution in [2.45, 2.75) is 24.9 Å². The molecular weight excluding hydrogens is 388 g/mol. The maximum atomic E-state index is 6.29. The lowest BCUT2D eigenvalue weighted by Gasteiger charge is -2.38. The van der Waals surface area contributed by atoms with E-state index in [-0.39, 0.29) is 5.41 Å². The van der Waals surface area contributed by atoms with Gasteiger partial charge in [-0.3, -0.25) is 4.98 Å². The van der Waals surface area contributed by atoms with Crippen LogP contribution in [0.1, 0.15) is 24.0 Å². The molecule has 0 spiro atoms. The van der Waals surface area contributed by atoms with Gasteiger partial charge in [0.15, 0.2) is 0 Å². The van der Waals surface area contributed by atoms with Crippen LogP contribution in [0.5, 0.6) is 0 Å². The molecule has 1 fully saturated rings. The Hall–Kier alpha value is -1.75. The molecule has 0 amide bonds. The van der Waals surface area contributed by atoms with E-state index >= 15 is 0 Å². The molecule has 2 heterocycles. The SMILES string of the molecule is Brc1cc(COCC2(c3ccccc3)CCNCC2)c2ncccc2c1. The minimum absolute atomic E-state index is 0.0990. The van der Waals surface area contributed by atoms with Crippen molar-refractivity contribution in [2.24, 2.45) is 0 Å². The summed E-state index contributed by atoms with van der Waals surface area (Å²) in [5.74, 6) is 0. The van der Waals surface area contributed by atoms with Crippen molar-refractivity contribution in [3.63, 3.8) is 0 Å². The number of nitrogens with one attached hydrogen (secondary N) is 1. The van der Waals surface area contributed by atoms with Gasteiger partial charge in [0.1, 0.15) is 0 Å². The van der Waals surface area contributed by atoms with Crippen molar-refractivity contribution in [3.8, 4) is 0 Å². The molecule has 3 nitrogen and oxygen atoms in total. The number of hydrogen-bond donors (Lipinski definition) is 1. The van der Waals surface area contributed by atoms with Crippen molar-refractivity contribution in [2.75, 3.05) is 19.7 Å². The van der Waals surface area contributed by atoms with E-state index in [1.165, 1.54) is 5.56 Å². The minimum atomic E-state index is 0.0990. The minimum Gasteiger partial charge on any atom is -0.376 e. The molecule has 1 aromatic heterocycles. The van der Waals surface area contributed by atoms with Crippen LogP contribution in [0.3, 0.4) is 0 Å². The zero-order valence-corrected chi connectivity index (χ0v) is 16.3. The molecule has 26 heavy (non-hydrogen) atoms. The molecule has 1 aliphatic heterocycles. The van der Waals surface area contributed by atoms with Crippen molar-refractivity contribution in [1.82, 2.24) is 10.3 Å². The Labute approximate surface area is 162 Å². The Balaban J connectivity index is 1.54. The second-order valence-corrected chi connectivity index (χ2v) is 7.94. The van der Waals surface area contributed by atoms with Gasteiger partial charge < -0.3 is 10.1 Å². The standard InChI is InChI=1S/C22H23BrN2O/c23-20-13-17-5-4-10-25-21(17)18(14-20)15-26-16-22(8-11-24-12-9-22)19-6-2-1-3-7-19/h1-7,10,13-14,24H,8-9,11-12,15-16H2. The zero-order valence-electron chi connectivity index (χ0n) is 14.7. The van der Waals surface area contributed by atoms with Crippen molar-refractivity contribution >= 4 is 26.8 Å². The number of benzene rings is 2. The lowest BCUT2D eigenvalue weighted by molar-refractivity contribution is 0.0570. The quantitative estimate of drug-likeness (QED) is 0.653. The topological polar surface area (TPSA) is 34.1 Å². The third kappa shape index (κ3) is 3.68. The number of rotatable bonds is 5. The van der Waals surface area contributed by atoms with Gasteiger partial charge >= 0.3 is 0 Å². The average molecular weight is 411 g/mol. The molecule has 0 saturated carbocycles. The smallest absolute Gasteiger partial charge is 0.0757 e. The van der Waals surface area contributed by atoms with Crippen LogP contribution in [0.2, 0.25) is 0 Å². The van der Waals surface area contributed by atoms with Gasteiger partial charge in [-0.1, -0.05) is 52.3 Å².